The number of rotatable bonds is 3. The van der Waals surface area contributed by atoms with Gasteiger partial charge in [-0.2, -0.15) is 0 Å². The monoisotopic (exact) mass is 283 g/mol. The van der Waals surface area contributed by atoms with Crippen molar-refractivity contribution in [2.24, 2.45) is 0 Å². The van der Waals surface area contributed by atoms with E-state index in [4.69, 9.17) is 4.74 Å². The van der Waals surface area contributed by atoms with Gasteiger partial charge >= 0.3 is 0 Å². The summed E-state index contributed by atoms with van der Waals surface area (Å²) in [7, 11) is 0. The van der Waals surface area contributed by atoms with Crippen LogP contribution in [0.1, 0.15) is 49.2 Å². The summed E-state index contributed by atoms with van der Waals surface area (Å²) in [4.78, 5) is 15.6. The van der Waals surface area contributed by atoms with Crippen LogP contribution in [0.5, 0.6) is 11.6 Å². The molecule has 0 radical (unpaired) electrons. The molecule has 0 aliphatic rings. The van der Waals surface area contributed by atoms with Gasteiger partial charge in [-0.1, -0.05) is 32.9 Å². The SMILES string of the molecule is CC(=O)c1ccnc(Oc2cc(C)ccc2C(C)(C)C)c1. The molecule has 0 unspecified atom stereocenters. The Bertz CT molecular complexity index is 669. The van der Waals surface area contributed by atoms with E-state index in [9.17, 15) is 4.79 Å². The average molecular weight is 283 g/mol. The highest BCUT2D eigenvalue weighted by atomic mass is 16.5. The van der Waals surface area contributed by atoms with Crippen LogP contribution in [0.3, 0.4) is 0 Å². The molecule has 21 heavy (non-hydrogen) atoms. The maximum Gasteiger partial charge on any atom is 0.219 e. The van der Waals surface area contributed by atoms with Gasteiger partial charge in [-0.15, -0.1) is 0 Å². The third-order valence-electron chi connectivity index (χ3n) is 3.30. The van der Waals surface area contributed by atoms with Gasteiger partial charge in [0.2, 0.25) is 5.88 Å². The predicted molar refractivity (Wildman–Crippen MR) is 84.2 cm³/mol. The largest absolute Gasteiger partial charge is 0.439 e. The quantitative estimate of drug-likeness (QED) is 0.768. The highest BCUT2D eigenvalue weighted by molar-refractivity contribution is 5.94. The first kappa shape index (κ1) is 15.2. The summed E-state index contributed by atoms with van der Waals surface area (Å²) >= 11 is 0. The number of hydrogen-bond acceptors (Lipinski definition) is 3. The molecule has 0 atom stereocenters. The lowest BCUT2D eigenvalue weighted by Gasteiger charge is -2.22. The van der Waals surface area contributed by atoms with E-state index in [1.54, 1.807) is 18.3 Å². The minimum Gasteiger partial charge on any atom is -0.439 e. The number of pyridine rings is 1. The lowest BCUT2D eigenvalue weighted by Crippen LogP contribution is -2.12. The van der Waals surface area contributed by atoms with Crippen LogP contribution in [0.15, 0.2) is 36.5 Å². The Morgan fingerprint density at radius 2 is 1.86 bits per heavy atom. The number of hydrogen-bond donors (Lipinski definition) is 0. The van der Waals surface area contributed by atoms with Crippen molar-refractivity contribution in [2.45, 2.75) is 40.0 Å². The highest BCUT2D eigenvalue weighted by Gasteiger charge is 2.19. The van der Waals surface area contributed by atoms with E-state index in [1.807, 2.05) is 13.0 Å². The summed E-state index contributed by atoms with van der Waals surface area (Å²) in [6.07, 6.45) is 1.60. The predicted octanol–water partition coefficient (Wildman–Crippen LogP) is 4.68. The molecule has 1 heterocycles. The zero-order valence-corrected chi connectivity index (χ0v) is 13.2. The fourth-order valence-corrected chi connectivity index (χ4v) is 2.13. The maximum absolute atomic E-state index is 11.4. The first-order valence-corrected chi connectivity index (χ1v) is 7.03. The van der Waals surface area contributed by atoms with E-state index >= 15 is 0 Å². The maximum atomic E-state index is 11.4. The number of ether oxygens (including phenoxy) is 1. The van der Waals surface area contributed by atoms with Gasteiger partial charge in [-0.05, 0) is 37.0 Å². The molecule has 0 amide bonds. The number of aryl methyl sites for hydroxylation is 1. The molecule has 0 saturated carbocycles. The van der Waals surface area contributed by atoms with Crippen molar-refractivity contribution >= 4 is 5.78 Å². The number of ketones is 1. The molecule has 0 bridgehead atoms. The first-order chi connectivity index (χ1) is 9.77. The molecule has 0 aliphatic heterocycles. The Morgan fingerprint density at radius 1 is 1.14 bits per heavy atom. The normalized spacial score (nSPS) is 11.3. The van der Waals surface area contributed by atoms with Crippen molar-refractivity contribution in [3.63, 3.8) is 0 Å². The Balaban J connectivity index is 2.41. The van der Waals surface area contributed by atoms with E-state index in [1.165, 1.54) is 6.92 Å². The zero-order valence-electron chi connectivity index (χ0n) is 13.2. The van der Waals surface area contributed by atoms with Gasteiger partial charge < -0.3 is 4.74 Å². The molecule has 3 nitrogen and oxygen atoms in total. The van der Waals surface area contributed by atoms with Gasteiger partial charge in [0.05, 0.1) is 0 Å². The lowest BCUT2D eigenvalue weighted by atomic mass is 9.86. The summed E-state index contributed by atoms with van der Waals surface area (Å²) < 4.78 is 5.94. The van der Waals surface area contributed by atoms with Crippen LogP contribution in [-0.4, -0.2) is 10.8 Å². The smallest absolute Gasteiger partial charge is 0.219 e. The summed E-state index contributed by atoms with van der Waals surface area (Å²) in [6.45, 7) is 9.99. The average Bonchev–Trinajstić information content (AvgIpc) is 2.37. The van der Waals surface area contributed by atoms with Crippen molar-refractivity contribution < 1.29 is 9.53 Å². The number of carbonyl (C=O) groups is 1. The first-order valence-electron chi connectivity index (χ1n) is 7.03. The van der Waals surface area contributed by atoms with Crippen LogP contribution in [0, 0.1) is 6.92 Å². The molecule has 1 aromatic carbocycles. The van der Waals surface area contributed by atoms with E-state index in [0.717, 1.165) is 16.9 Å². The molecule has 110 valence electrons. The molecule has 2 rings (SSSR count). The van der Waals surface area contributed by atoms with Crippen molar-refractivity contribution in [2.75, 3.05) is 0 Å². The van der Waals surface area contributed by atoms with Crippen molar-refractivity contribution in [1.82, 2.24) is 4.98 Å². The molecular weight excluding hydrogens is 262 g/mol. The topological polar surface area (TPSA) is 39.2 Å². The Labute approximate surface area is 126 Å². The molecular formula is C18H21NO2. The fraction of sp³-hybridized carbons (Fsp3) is 0.333. The second-order valence-corrected chi connectivity index (χ2v) is 6.29. The number of carbonyl (C=O) groups excluding carboxylic acids is 1. The summed E-state index contributed by atoms with van der Waals surface area (Å²) in [5.41, 5.74) is 2.81. The molecule has 0 fully saturated rings. The van der Waals surface area contributed by atoms with E-state index in [2.05, 4.69) is 37.9 Å². The zero-order chi connectivity index (χ0) is 15.6. The summed E-state index contributed by atoms with van der Waals surface area (Å²) in [6, 6.07) is 9.53. The standard InChI is InChI=1S/C18H21NO2/c1-12-6-7-15(18(3,4)5)16(10-12)21-17-11-14(13(2)20)8-9-19-17/h6-11H,1-5H3. The van der Waals surface area contributed by atoms with Crippen molar-refractivity contribution in [3.05, 3.63) is 53.2 Å². The third kappa shape index (κ3) is 3.69. The minimum absolute atomic E-state index is 0.00235. The summed E-state index contributed by atoms with van der Waals surface area (Å²) in [5.74, 6) is 1.23. The molecule has 2 aromatic rings. The van der Waals surface area contributed by atoms with Crippen molar-refractivity contribution in [3.8, 4) is 11.6 Å². The van der Waals surface area contributed by atoms with Crippen LogP contribution in [0.25, 0.3) is 0 Å². The van der Waals surface area contributed by atoms with E-state index in [-0.39, 0.29) is 11.2 Å². The molecule has 1 aromatic heterocycles. The number of benzene rings is 1. The van der Waals surface area contributed by atoms with Crippen LogP contribution in [-0.2, 0) is 5.41 Å². The van der Waals surface area contributed by atoms with Gasteiger partial charge in [0.25, 0.3) is 0 Å². The number of aromatic nitrogens is 1. The second-order valence-electron chi connectivity index (χ2n) is 6.29. The van der Waals surface area contributed by atoms with Crippen LogP contribution < -0.4 is 4.74 Å². The third-order valence-corrected chi connectivity index (χ3v) is 3.30. The van der Waals surface area contributed by atoms with Gasteiger partial charge in [0.1, 0.15) is 5.75 Å². The molecule has 3 heteroatoms. The summed E-state index contributed by atoms with van der Waals surface area (Å²) in [5, 5.41) is 0. The molecule has 0 saturated heterocycles. The number of nitrogens with zero attached hydrogens (tertiary/aromatic N) is 1. The lowest BCUT2D eigenvalue weighted by molar-refractivity contribution is 0.101. The van der Waals surface area contributed by atoms with Crippen molar-refractivity contribution in [1.29, 1.82) is 0 Å². The highest BCUT2D eigenvalue weighted by Crippen LogP contribution is 2.34. The van der Waals surface area contributed by atoms with Crippen LogP contribution in [0.4, 0.5) is 0 Å². The van der Waals surface area contributed by atoms with E-state index < -0.39 is 0 Å². The van der Waals surface area contributed by atoms with E-state index in [0.29, 0.717) is 11.4 Å². The van der Waals surface area contributed by atoms with Gasteiger partial charge in [-0.3, -0.25) is 4.79 Å². The number of Topliss-reactive ketones (excluding diaryl/α,β-unsaturated/α-hetero) is 1. The fourth-order valence-electron chi connectivity index (χ4n) is 2.13. The Hall–Kier alpha value is -2.16. The van der Waals surface area contributed by atoms with Gasteiger partial charge in [0, 0.05) is 23.4 Å². The minimum atomic E-state index is -0.0266. The molecule has 0 spiro atoms. The van der Waals surface area contributed by atoms with Gasteiger partial charge in [0.15, 0.2) is 5.78 Å². The van der Waals surface area contributed by atoms with Gasteiger partial charge in [-0.25, -0.2) is 4.98 Å². The molecule has 0 aliphatic carbocycles. The van der Waals surface area contributed by atoms with Crippen LogP contribution >= 0.6 is 0 Å². The Morgan fingerprint density at radius 3 is 2.48 bits per heavy atom. The molecule has 0 N–H and O–H groups in total. The second kappa shape index (κ2) is 5.68. The Kier molecular flexibility index (Phi) is 4.12. The van der Waals surface area contributed by atoms with Crippen LogP contribution in [0.2, 0.25) is 0 Å².